The van der Waals surface area contributed by atoms with Gasteiger partial charge >= 0.3 is 0 Å². The lowest BCUT2D eigenvalue weighted by molar-refractivity contribution is -0.126. The molecule has 0 heterocycles. The minimum absolute atomic E-state index is 0. The van der Waals surface area contributed by atoms with E-state index in [-0.39, 0.29) is 35.0 Å². The smallest absolute Gasteiger partial charge is 0.140 e. The third-order valence-electron chi connectivity index (χ3n) is 1.85. The quantitative estimate of drug-likeness (QED) is 0.514. The average molecular weight is 251 g/mol. The Bertz CT molecular complexity index is 155. The molecule has 0 spiro atoms. The number of carbonyl (C=O) groups excluding carboxylic acids is 2. The molecule has 0 aliphatic carbocycles. The van der Waals surface area contributed by atoms with E-state index < -0.39 is 0 Å². The minimum Gasteiger partial charge on any atom is -0.299 e. The highest BCUT2D eigenvalue weighted by atomic mass is 79.9. The van der Waals surface area contributed by atoms with Gasteiger partial charge in [-0.3, -0.25) is 9.59 Å². The van der Waals surface area contributed by atoms with Gasteiger partial charge in [-0.05, 0) is 6.42 Å². The van der Waals surface area contributed by atoms with Crippen molar-refractivity contribution in [1.29, 1.82) is 0 Å². The highest BCUT2D eigenvalue weighted by molar-refractivity contribution is 8.93. The Labute approximate surface area is 90.9 Å². The van der Waals surface area contributed by atoms with E-state index >= 15 is 0 Å². The zero-order valence-electron chi connectivity index (χ0n) is 8.47. The molecule has 0 saturated carbocycles. The van der Waals surface area contributed by atoms with Gasteiger partial charge in [0.15, 0.2) is 0 Å². The molecule has 0 saturated heterocycles. The molecule has 0 fully saturated rings. The molecule has 0 bridgehead atoms. The van der Waals surface area contributed by atoms with Gasteiger partial charge in [-0.15, -0.1) is 17.0 Å². The third-order valence-corrected chi connectivity index (χ3v) is 1.85. The van der Waals surface area contributed by atoms with Crippen LogP contribution in [0.1, 0.15) is 52.4 Å². The maximum Gasteiger partial charge on any atom is 0.140 e. The summed E-state index contributed by atoms with van der Waals surface area (Å²) >= 11 is 0. The number of rotatable bonds is 7. The molecule has 0 rings (SSSR count). The lowest BCUT2D eigenvalue weighted by atomic mass is 10.1. The average Bonchev–Trinajstić information content (AvgIpc) is 2.05. The predicted molar refractivity (Wildman–Crippen MR) is 59.4 cm³/mol. The maximum atomic E-state index is 11.1. The number of hydrogen-bond acceptors (Lipinski definition) is 2. The van der Waals surface area contributed by atoms with E-state index in [4.69, 9.17) is 0 Å². The lowest BCUT2D eigenvalue weighted by Crippen LogP contribution is -2.05. The van der Waals surface area contributed by atoms with E-state index in [9.17, 15) is 9.59 Å². The van der Waals surface area contributed by atoms with Gasteiger partial charge in [0.2, 0.25) is 0 Å². The summed E-state index contributed by atoms with van der Waals surface area (Å²) in [5.74, 6) is 0.173. The Morgan fingerprint density at radius 3 is 2.08 bits per heavy atom. The summed E-state index contributed by atoms with van der Waals surface area (Å²) in [5.41, 5.74) is 0. The van der Waals surface area contributed by atoms with E-state index in [0.717, 1.165) is 19.3 Å². The molecule has 0 amide bonds. The molecule has 0 aromatic heterocycles. The molecule has 78 valence electrons. The third kappa shape index (κ3) is 9.74. The van der Waals surface area contributed by atoms with Gasteiger partial charge in [-0.1, -0.05) is 26.7 Å². The molecule has 0 unspecified atom stereocenters. The van der Waals surface area contributed by atoms with E-state index in [1.165, 1.54) is 0 Å². The number of carbonyl (C=O) groups is 2. The van der Waals surface area contributed by atoms with Crippen LogP contribution < -0.4 is 0 Å². The van der Waals surface area contributed by atoms with Crippen molar-refractivity contribution in [2.45, 2.75) is 52.4 Å². The van der Waals surface area contributed by atoms with Crippen LogP contribution in [0.5, 0.6) is 0 Å². The highest BCUT2D eigenvalue weighted by Gasteiger charge is 2.06. The first-order valence-corrected chi connectivity index (χ1v) is 4.74. The number of Topliss-reactive ketones (excluding diaryl/α,β-unsaturated/α-hetero) is 2. The van der Waals surface area contributed by atoms with Gasteiger partial charge in [-0.25, -0.2) is 0 Å². The zero-order chi connectivity index (χ0) is 9.40. The summed E-state index contributed by atoms with van der Waals surface area (Å²) in [5, 5.41) is 0. The summed E-state index contributed by atoms with van der Waals surface area (Å²) < 4.78 is 0. The van der Waals surface area contributed by atoms with Crippen molar-refractivity contribution in [3.63, 3.8) is 0 Å². The SMILES string of the molecule is Br.CCCCCC(=O)CC(=O)CC. The molecular formula is C10H19BrO2. The van der Waals surface area contributed by atoms with Crippen molar-refractivity contribution in [3.8, 4) is 0 Å². The van der Waals surface area contributed by atoms with Gasteiger partial charge < -0.3 is 0 Å². The number of ketones is 2. The fourth-order valence-corrected chi connectivity index (χ4v) is 1.01. The van der Waals surface area contributed by atoms with E-state index in [1.807, 2.05) is 0 Å². The molecule has 0 radical (unpaired) electrons. The molecule has 0 aromatic carbocycles. The Morgan fingerprint density at radius 1 is 1.00 bits per heavy atom. The van der Waals surface area contributed by atoms with Gasteiger partial charge in [0.05, 0.1) is 6.42 Å². The van der Waals surface area contributed by atoms with Crippen molar-refractivity contribution in [1.82, 2.24) is 0 Å². The van der Waals surface area contributed by atoms with Crippen molar-refractivity contribution >= 4 is 28.5 Å². The molecule has 0 aromatic rings. The van der Waals surface area contributed by atoms with E-state index in [0.29, 0.717) is 12.8 Å². The monoisotopic (exact) mass is 250 g/mol. The second-order valence-corrected chi connectivity index (χ2v) is 3.06. The van der Waals surface area contributed by atoms with E-state index in [2.05, 4.69) is 6.92 Å². The van der Waals surface area contributed by atoms with Gasteiger partial charge in [0.1, 0.15) is 11.6 Å². The van der Waals surface area contributed by atoms with Crippen molar-refractivity contribution < 1.29 is 9.59 Å². The number of unbranched alkanes of at least 4 members (excludes halogenated alkanes) is 2. The first-order chi connectivity index (χ1) is 5.70. The summed E-state index contributed by atoms with van der Waals surface area (Å²) in [4.78, 5) is 21.9. The first-order valence-electron chi connectivity index (χ1n) is 4.74. The van der Waals surface area contributed by atoms with Crippen LogP contribution in [0.2, 0.25) is 0 Å². The molecule has 0 aliphatic heterocycles. The second kappa shape index (κ2) is 9.90. The van der Waals surface area contributed by atoms with Crippen LogP contribution in [0.15, 0.2) is 0 Å². The van der Waals surface area contributed by atoms with Crippen LogP contribution in [0.4, 0.5) is 0 Å². The zero-order valence-corrected chi connectivity index (χ0v) is 10.2. The van der Waals surface area contributed by atoms with Gasteiger partial charge in [-0.2, -0.15) is 0 Å². The van der Waals surface area contributed by atoms with Crippen LogP contribution >= 0.6 is 17.0 Å². The molecule has 0 aliphatic rings. The Balaban J connectivity index is 0. The standard InChI is InChI=1S/C10H18O2.BrH/c1-3-5-6-7-10(12)8-9(11)4-2;/h3-8H2,1-2H3;1H. The lowest BCUT2D eigenvalue weighted by Gasteiger charge is -1.97. The Hall–Kier alpha value is -0.180. The molecule has 0 N–H and O–H groups in total. The van der Waals surface area contributed by atoms with Gasteiger partial charge in [0.25, 0.3) is 0 Å². The molecule has 3 heteroatoms. The topological polar surface area (TPSA) is 34.1 Å². The summed E-state index contributed by atoms with van der Waals surface area (Å²) in [6, 6.07) is 0. The number of halogens is 1. The van der Waals surface area contributed by atoms with Crippen molar-refractivity contribution in [3.05, 3.63) is 0 Å². The fourth-order valence-electron chi connectivity index (χ4n) is 1.01. The normalized spacial score (nSPS) is 9.08. The molecule has 13 heavy (non-hydrogen) atoms. The van der Waals surface area contributed by atoms with Crippen molar-refractivity contribution in [2.24, 2.45) is 0 Å². The second-order valence-electron chi connectivity index (χ2n) is 3.06. The summed E-state index contributed by atoms with van der Waals surface area (Å²) in [6.07, 6.45) is 4.37. The van der Waals surface area contributed by atoms with Crippen LogP contribution in [0, 0.1) is 0 Å². The first kappa shape index (κ1) is 15.3. The van der Waals surface area contributed by atoms with E-state index in [1.54, 1.807) is 6.92 Å². The fraction of sp³-hybridized carbons (Fsp3) is 0.800. The van der Waals surface area contributed by atoms with Crippen LogP contribution in [0.3, 0.4) is 0 Å². The Kier molecular flexibility index (Phi) is 11.7. The Morgan fingerprint density at radius 2 is 1.62 bits per heavy atom. The molecule has 0 atom stereocenters. The summed E-state index contributed by atoms with van der Waals surface area (Å²) in [7, 11) is 0. The maximum absolute atomic E-state index is 11.1. The van der Waals surface area contributed by atoms with Crippen molar-refractivity contribution in [2.75, 3.05) is 0 Å². The van der Waals surface area contributed by atoms with Crippen LogP contribution in [0.25, 0.3) is 0 Å². The predicted octanol–water partition coefficient (Wildman–Crippen LogP) is 3.08. The highest BCUT2D eigenvalue weighted by Crippen LogP contribution is 2.02. The summed E-state index contributed by atoms with van der Waals surface area (Å²) in [6.45, 7) is 3.89. The van der Waals surface area contributed by atoms with Crippen LogP contribution in [-0.2, 0) is 9.59 Å². The largest absolute Gasteiger partial charge is 0.299 e. The van der Waals surface area contributed by atoms with Gasteiger partial charge in [0, 0.05) is 12.8 Å². The number of hydrogen-bond donors (Lipinski definition) is 0. The molecule has 2 nitrogen and oxygen atoms in total. The van der Waals surface area contributed by atoms with Crippen LogP contribution in [-0.4, -0.2) is 11.6 Å². The minimum atomic E-state index is 0. The molecular weight excluding hydrogens is 232 g/mol.